The summed E-state index contributed by atoms with van der Waals surface area (Å²) in [6.07, 6.45) is 3.89. The fraction of sp³-hybridized carbons (Fsp3) is 0.333. The summed E-state index contributed by atoms with van der Waals surface area (Å²) in [4.78, 5) is 0. The van der Waals surface area contributed by atoms with Crippen molar-refractivity contribution in [3.8, 4) is 5.69 Å². The van der Waals surface area contributed by atoms with Crippen LogP contribution in [0.3, 0.4) is 0 Å². The first-order chi connectivity index (χ1) is 8.74. The second-order valence-electron chi connectivity index (χ2n) is 4.38. The van der Waals surface area contributed by atoms with E-state index in [9.17, 15) is 8.78 Å². The molecule has 1 aromatic heterocycles. The summed E-state index contributed by atoms with van der Waals surface area (Å²) in [7, 11) is 0. The van der Waals surface area contributed by atoms with Crippen LogP contribution in [0.2, 0.25) is 0 Å². The van der Waals surface area contributed by atoms with Crippen molar-refractivity contribution in [1.29, 1.82) is 0 Å². The lowest BCUT2D eigenvalue weighted by Crippen LogP contribution is -2.15. The van der Waals surface area contributed by atoms with Crippen LogP contribution in [-0.4, -0.2) is 21.0 Å². The number of para-hydroxylation sites is 1. The Balaban J connectivity index is 1.83. The van der Waals surface area contributed by atoms with Crippen LogP contribution in [0.1, 0.15) is 18.5 Å². The molecule has 0 radical (unpaired) electrons. The summed E-state index contributed by atoms with van der Waals surface area (Å²) in [6.45, 7) is 0.570. The second kappa shape index (κ2) is 4.45. The number of hydrogen-bond acceptors (Lipinski definition) is 3. The zero-order valence-corrected chi connectivity index (χ0v) is 9.61. The van der Waals surface area contributed by atoms with Gasteiger partial charge in [0, 0.05) is 12.6 Å². The Morgan fingerprint density at radius 2 is 2.00 bits per heavy atom. The van der Waals surface area contributed by atoms with Crippen LogP contribution in [-0.2, 0) is 6.54 Å². The van der Waals surface area contributed by atoms with Gasteiger partial charge in [0.1, 0.15) is 5.69 Å². The Hall–Kier alpha value is -1.82. The first kappa shape index (κ1) is 11.3. The molecule has 0 spiro atoms. The van der Waals surface area contributed by atoms with E-state index in [4.69, 9.17) is 0 Å². The minimum absolute atomic E-state index is 0.192. The molecule has 1 saturated carbocycles. The van der Waals surface area contributed by atoms with E-state index in [0.717, 1.165) is 4.68 Å². The fourth-order valence-electron chi connectivity index (χ4n) is 1.73. The highest BCUT2D eigenvalue weighted by atomic mass is 19.1. The van der Waals surface area contributed by atoms with E-state index in [1.807, 2.05) is 0 Å². The number of nitrogens with one attached hydrogen (secondary N) is 1. The molecular weight excluding hydrogens is 238 g/mol. The molecule has 2 aromatic rings. The molecule has 1 heterocycles. The summed E-state index contributed by atoms with van der Waals surface area (Å²) < 4.78 is 28.2. The fourth-order valence-corrected chi connectivity index (χ4v) is 1.73. The predicted octanol–water partition coefficient (Wildman–Crippen LogP) is 1.80. The highest BCUT2D eigenvalue weighted by Gasteiger charge is 2.20. The molecule has 3 rings (SSSR count). The van der Waals surface area contributed by atoms with Gasteiger partial charge in [-0.15, -0.1) is 5.10 Å². The quantitative estimate of drug-likeness (QED) is 0.899. The predicted molar refractivity (Wildman–Crippen MR) is 61.1 cm³/mol. The molecule has 4 nitrogen and oxygen atoms in total. The molecule has 0 amide bonds. The normalized spacial score (nSPS) is 15.0. The topological polar surface area (TPSA) is 42.7 Å². The van der Waals surface area contributed by atoms with Gasteiger partial charge >= 0.3 is 0 Å². The average molecular weight is 250 g/mol. The van der Waals surface area contributed by atoms with E-state index in [-0.39, 0.29) is 5.69 Å². The van der Waals surface area contributed by atoms with Gasteiger partial charge in [-0.05, 0) is 25.0 Å². The average Bonchev–Trinajstić information content (AvgIpc) is 3.06. The van der Waals surface area contributed by atoms with Gasteiger partial charge in [-0.25, -0.2) is 13.5 Å². The molecule has 0 atom stereocenters. The number of rotatable bonds is 4. The third kappa shape index (κ3) is 2.24. The van der Waals surface area contributed by atoms with Gasteiger partial charge in [0.05, 0.1) is 11.9 Å². The van der Waals surface area contributed by atoms with Crippen LogP contribution in [0.25, 0.3) is 5.69 Å². The first-order valence-corrected chi connectivity index (χ1v) is 5.83. The molecule has 0 aliphatic heterocycles. The standard InChI is InChI=1S/C12H12F2N4/c13-10-2-1-3-11(14)12(10)18-7-9(16-17-18)6-15-8-4-5-8/h1-3,7-8,15H,4-6H2. The largest absolute Gasteiger partial charge is 0.308 e. The minimum atomic E-state index is -0.651. The third-order valence-corrected chi connectivity index (χ3v) is 2.86. The molecule has 1 aromatic carbocycles. The smallest absolute Gasteiger partial charge is 0.151 e. The van der Waals surface area contributed by atoms with Gasteiger partial charge in [-0.2, -0.15) is 0 Å². The highest BCUT2D eigenvalue weighted by molar-refractivity contribution is 5.34. The van der Waals surface area contributed by atoms with Gasteiger partial charge in [0.25, 0.3) is 0 Å². The van der Waals surface area contributed by atoms with Gasteiger partial charge in [0.15, 0.2) is 11.6 Å². The number of nitrogens with zero attached hydrogens (tertiary/aromatic N) is 3. The SMILES string of the molecule is Fc1cccc(F)c1-n1cc(CNC2CC2)nn1. The van der Waals surface area contributed by atoms with Gasteiger partial charge in [0.2, 0.25) is 0 Å². The van der Waals surface area contributed by atoms with E-state index in [1.54, 1.807) is 0 Å². The van der Waals surface area contributed by atoms with Crippen molar-refractivity contribution in [2.24, 2.45) is 0 Å². The van der Waals surface area contributed by atoms with Crippen LogP contribution in [0.5, 0.6) is 0 Å². The molecule has 18 heavy (non-hydrogen) atoms. The summed E-state index contributed by atoms with van der Waals surface area (Å²) in [5.74, 6) is -1.30. The number of benzene rings is 1. The summed E-state index contributed by atoms with van der Waals surface area (Å²) in [6, 6.07) is 4.27. The van der Waals surface area contributed by atoms with Crippen molar-refractivity contribution < 1.29 is 8.78 Å². The number of aromatic nitrogens is 3. The van der Waals surface area contributed by atoms with Crippen LogP contribution >= 0.6 is 0 Å². The minimum Gasteiger partial charge on any atom is -0.308 e. The molecular formula is C12H12F2N4. The molecule has 94 valence electrons. The van der Waals surface area contributed by atoms with Gasteiger partial charge in [-0.3, -0.25) is 0 Å². The lowest BCUT2D eigenvalue weighted by molar-refractivity contribution is 0.556. The number of halogens is 2. The van der Waals surface area contributed by atoms with Gasteiger partial charge < -0.3 is 5.32 Å². The zero-order valence-electron chi connectivity index (χ0n) is 9.61. The Morgan fingerprint density at radius 3 is 2.67 bits per heavy atom. The third-order valence-electron chi connectivity index (χ3n) is 2.86. The van der Waals surface area contributed by atoms with E-state index in [0.29, 0.717) is 18.3 Å². The van der Waals surface area contributed by atoms with Crippen molar-refractivity contribution in [2.45, 2.75) is 25.4 Å². The van der Waals surface area contributed by atoms with Gasteiger partial charge in [-0.1, -0.05) is 11.3 Å². The molecule has 1 aliphatic carbocycles. The van der Waals surface area contributed by atoms with Crippen LogP contribution in [0.4, 0.5) is 8.78 Å². The first-order valence-electron chi connectivity index (χ1n) is 5.83. The van der Waals surface area contributed by atoms with Crippen molar-refractivity contribution >= 4 is 0 Å². The lowest BCUT2D eigenvalue weighted by Gasteiger charge is -2.02. The van der Waals surface area contributed by atoms with Crippen molar-refractivity contribution in [3.05, 3.63) is 41.7 Å². The van der Waals surface area contributed by atoms with Crippen LogP contribution in [0, 0.1) is 11.6 Å². The van der Waals surface area contributed by atoms with E-state index in [2.05, 4.69) is 15.6 Å². The van der Waals surface area contributed by atoms with Crippen LogP contribution in [0.15, 0.2) is 24.4 Å². The molecule has 0 unspecified atom stereocenters. The van der Waals surface area contributed by atoms with E-state index < -0.39 is 11.6 Å². The lowest BCUT2D eigenvalue weighted by atomic mass is 10.3. The maximum absolute atomic E-state index is 13.5. The van der Waals surface area contributed by atoms with Crippen molar-refractivity contribution in [3.63, 3.8) is 0 Å². The maximum Gasteiger partial charge on any atom is 0.151 e. The van der Waals surface area contributed by atoms with E-state index >= 15 is 0 Å². The molecule has 0 bridgehead atoms. The maximum atomic E-state index is 13.5. The Morgan fingerprint density at radius 1 is 1.28 bits per heavy atom. The number of hydrogen-bond donors (Lipinski definition) is 1. The molecule has 1 fully saturated rings. The molecule has 1 aliphatic rings. The summed E-state index contributed by atoms with van der Waals surface area (Å²) in [5.41, 5.74) is 0.479. The summed E-state index contributed by atoms with van der Waals surface area (Å²) >= 11 is 0. The Bertz CT molecular complexity index is 543. The second-order valence-corrected chi connectivity index (χ2v) is 4.38. The van der Waals surface area contributed by atoms with Crippen molar-refractivity contribution in [1.82, 2.24) is 20.3 Å². The molecule has 1 N–H and O–H groups in total. The molecule has 0 saturated heterocycles. The zero-order chi connectivity index (χ0) is 12.5. The van der Waals surface area contributed by atoms with E-state index in [1.165, 1.54) is 37.2 Å². The van der Waals surface area contributed by atoms with Crippen molar-refractivity contribution in [2.75, 3.05) is 0 Å². The van der Waals surface area contributed by atoms with Crippen LogP contribution < -0.4 is 5.32 Å². The summed E-state index contributed by atoms with van der Waals surface area (Å²) in [5, 5.41) is 10.9. The Kier molecular flexibility index (Phi) is 2.79. The monoisotopic (exact) mass is 250 g/mol. The Labute approximate surface area is 103 Å². The highest BCUT2D eigenvalue weighted by Crippen LogP contribution is 2.19. The molecule has 6 heteroatoms.